The molecule has 0 amide bonds. The standard InChI is InChI=1S/C10H10N2O.Rb/c1-6-3-4-8-7(2)11-10(13)12-9(8)5-6;/h3-5H,1-2H3,(H,11,12,13);/q;+1/p-1. The number of fused-ring (bicyclic) bond motifs is 1. The minimum absolute atomic E-state index is 0. The van der Waals surface area contributed by atoms with E-state index in [4.69, 9.17) is 0 Å². The van der Waals surface area contributed by atoms with Crippen molar-refractivity contribution in [2.75, 3.05) is 0 Å². The maximum Gasteiger partial charge on any atom is 1.00 e. The van der Waals surface area contributed by atoms with Crippen LogP contribution in [0.5, 0.6) is 0 Å². The fraction of sp³-hybridized carbons (Fsp3) is 0.200. The van der Waals surface area contributed by atoms with E-state index in [1.54, 1.807) is 0 Å². The van der Waals surface area contributed by atoms with E-state index in [1.165, 1.54) is 0 Å². The fourth-order valence-electron chi connectivity index (χ4n) is 1.37. The van der Waals surface area contributed by atoms with E-state index in [-0.39, 0.29) is 58.2 Å². The molecule has 0 bridgehead atoms. The molecule has 1 aromatic heterocycles. The fourth-order valence-corrected chi connectivity index (χ4v) is 1.37. The molecule has 0 aliphatic rings. The predicted molar refractivity (Wildman–Crippen MR) is 50.8 cm³/mol. The van der Waals surface area contributed by atoms with Gasteiger partial charge in [0.15, 0.2) is 5.69 Å². The zero-order chi connectivity index (χ0) is 9.42. The third kappa shape index (κ3) is 2.39. The van der Waals surface area contributed by atoms with Crippen LogP contribution in [0.25, 0.3) is 10.9 Å². The van der Waals surface area contributed by atoms with Gasteiger partial charge in [-0.15, -0.1) is 0 Å². The molecule has 2 aromatic rings. The first-order valence-electron chi connectivity index (χ1n) is 4.09. The molecule has 0 saturated heterocycles. The van der Waals surface area contributed by atoms with Gasteiger partial charge in [0.2, 0.25) is 0 Å². The van der Waals surface area contributed by atoms with Gasteiger partial charge in [0.1, 0.15) is 0 Å². The van der Waals surface area contributed by atoms with Crippen molar-refractivity contribution in [1.82, 2.24) is 9.97 Å². The van der Waals surface area contributed by atoms with Crippen LogP contribution < -0.4 is 68.9 Å². The smallest absolute Gasteiger partial charge is 0.404 e. The number of benzene rings is 1. The molecule has 0 fully saturated rings. The summed E-state index contributed by atoms with van der Waals surface area (Å²) < 4.78 is 0. The Labute approximate surface area is 131 Å². The van der Waals surface area contributed by atoms with E-state index in [0.29, 0.717) is 0 Å². The van der Waals surface area contributed by atoms with E-state index in [9.17, 15) is 4.79 Å². The normalized spacial score (nSPS) is 9.86. The van der Waals surface area contributed by atoms with Crippen molar-refractivity contribution in [3.05, 3.63) is 39.9 Å². The van der Waals surface area contributed by atoms with E-state index in [2.05, 4.69) is 9.97 Å². The van der Waals surface area contributed by atoms with Crippen molar-refractivity contribution >= 4 is 10.9 Å². The van der Waals surface area contributed by atoms with Crippen LogP contribution in [0.3, 0.4) is 0 Å². The van der Waals surface area contributed by atoms with Gasteiger partial charge in [-0.2, -0.15) is 0 Å². The maximum atomic E-state index is 11.0. The van der Waals surface area contributed by atoms with Gasteiger partial charge in [-0.05, 0) is 24.8 Å². The number of aryl methyl sites for hydroxylation is 2. The Morgan fingerprint density at radius 3 is 2.71 bits per heavy atom. The Kier molecular flexibility index (Phi) is 4.19. The molecular formula is C10H9N2ORb. The van der Waals surface area contributed by atoms with Crippen LogP contribution in [0.1, 0.15) is 11.3 Å². The molecule has 1 aromatic carbocycles. The molecule has 0 aliphatic heterocycles. The average molecular weight is 259 g/mol. The number of rotatable bonds is 0. The van der Waals surface area contributed by atoms with Crippen molar-refractivity contribution in [2.24, 2.45) is 0 Å². The Hall–Kier alpha value is 0.165. The maximum absolute atomic E-state index is 11.0. The summed E-state index contributed by atoms with van der Waals surface area (Å²) in [4.78, 5) is 18.6. The number of aromatic nitrogens is 2. The summed E-state index contributed by atoms with van der Waals surface area (Å²) >= 11 is 0. The van der Waals surface area contributed by atoms with E-state index >= 15 is 0 Å². The Balaban J connectivity index is 0.000000980. The van der Waals surface area contributed by atoms with E-state index in [0.717, 1.165) is 22.2 Å². The van der Waals surface area contributed by atoms with E-state index in [1.807, 2.05) is 32.0 Å². The van der Waals surface area contributed by atoms with Crippen molar-refractivity contribution in [1.29, 1.82) is 0 Å². The van der Waals surface area contributed by atoms with Gasteiger partial charge in [0.05, 0.1) is 0 Å². The zero-order valence-corrected chi connectivity index (χ0v) is 13.5. The van der Waals surface area contributed by atoms with Crippen LogP contribution in [0, 0.1) is 13.8 Å². The summed E-state index contributed by atoms with van der Waals surface area (Å²) in [5.74, 6) is 0. The van der Waals surface area contributed by atoms with E-state index < -0.39 is 5.69 Å². The number of hydrogen-bond acceptors (Lipinski definition) is 2. The van der Waals surface area contributed by atoms with Gasteiger partial charge < -0.3 is 9.97 Å². The first-order chi connectivity index (χ1) is 6.16. The summed E-state index contributed by atoms with van der Waals surface area (Å²) in [5, 5.41) is 0.949. The molecule has 0 N–H and O–H groups in total. The molecule has 0 unspecified atom stereocenters. The minimum Gasteiger partial charge on any atom is -0.404 e. The molecule has 14 heavy (non-hydrogen) atoms. The molecule has 66 valence electrons. The van der Waals surface area contributed by atoms with Crippen LogP contribution >= 0.6 is 0 Å². The molecule has 0 atom stereocenters. The molecule has 1 heterocycles. The largest absolute Gasteiger partial charge is 1.00 e. The minimum atomic E-state index is -0.407. The third-order valence-electron chi connectivity index (χ3n) is 2.02. The topological polar surface area (TPSA) is 44.1 Å². The van der Waals surface area contributed by atoms with Crippen LogP contribution in [0.2, 0.25) is 0 Å². The van der Waals surface area contributed by atoms with Gasteiger partial charge in [0, 0.05) is 0 Å². The predicted octanol–water partition coefficient (Wildman–Crippen LogP) is -1.83. The second-order valence-electron chi connectivity index (χ2n) is 3.11. The molecule has 0 saturated carbocycles. The summed E-state index contributed by atoms with van der Waals surface area (Å²) in [6.07, 6.45) is 0. The van der Waals surface area contributed by atoms with Gasteiger partial charge in [-0.25, -0.2) is 0 Å². The first-order valence-corrected chi connectivity index (χ1v) is 4.09. The van der Waals surface area contributed by atoms with Gasteiger partial charge >= 0.3 is 58.2 Å². The van der Waals surface area contributed by atoms with Crippen molar-refractivity contribution < 1.29 is 58.2 Å². The van der Waals surface area contributed by atoms with Crippen molar-refractivity contribution in [3.8, 4) is 0 Å². The summed E-state index contributed by atoms with van der Waals surface area (Å²) in [5.41, 5.74) is 2.17. The second kappa shape index (κ2) is 4.79. The quantitative estimate of drug-likeness (QED) is 0.559. The summed E-state index contributed by atoms with van der Waals surface area (Å²) in [6, 6.07) is 5.83. The molecule has 0 radical (unpaired) electrons. The summed E-state index contributed by atoms with van der Waals surface area (Å²) in [6.45, 7) is 3.79. The molecule has 0 aliphatic carbocycles. The van der Waals surface area contributed by atoms with Crippen LogP contribution in [-0.4, -0.2) is 4.98 Å². The first kappa shape index (κ1) is 12.2. The molecule has 4 heteroatoms. The Morgan fingerprint density at radius 1 is 1.29 bits per heavy atom. The monoisotopic (exact) mass is 258 g/mol. The zero-order valence-electron chi connectivity index (χ0n) is 8.53. The van der Waals surface area contributed by atoms with Crippen molar-refractivity contribution in [3.63, 3.8) is 0 Å². The van der Waals surface area contributed by atoms with Gasteiger partial charge in [-0.3, -0.25) is 4.79 Å². The van der Waals surface area contributed by atoms with Crippen LogP contribution in [-0.2, 0) is 0 Å². The SMILES string of the molecule is Cc1ccc2c(C)nc(=O)[n-]c2c1.[Rb+]. The number of hydrogen-bond donors (Lipinski definition) is 0. The van der Waals surface area contributed by atoms with Crippen LogP contribution in [0.15, 0.2) is 23.0 Å². The average Bonchev–Trinajstić information content (AvgIpc) is 2.02. The van der Waals surface area contributed by atoms with Gasteiger partial charge in [-0.1, -0.05) is 29.5 Å². The molecule has 2 rings (SSSR count). The molecule has 0 spiro atoms. The third-order valence-corrected chi connectivity index (χ3v) is 2.02. The van der Waals surface area contributed by atoms with Gasteiger partial charge in [0.25, 0.3) is 0 Å². The Bertz CT molecular complexity index is 519. The molecular weight excluding hydrogens is 250 g/mol. The Morgan fingerprint density at radius 2 is 2.00 bits per heavy atom. The molecule has 3 nitrogen and oxygen atoms in total. The number of nitrogens with zero attached hydrogens (tertiary/aromatic N) is 2. The van der Waals surface area contributed by atoms with Crippen molar-refractivity contribution in [2.45, 2.75) is 13.8 Å². The summed E-state index contributed by atoms with van der Waals surface area (Å²) in [7, 11) is 0. The second-order valence-corrected chi connectivity index (χ2v) is 3.11. The van der Waals surface area contributed by atoms with Crippen LogP contribution in [0.4, 0.5) is 0 Å².